The molecule has 2 heterocycles. The smallest absolute Gasteiger partial charge is 0.368 e. The van der Waals surface area contributed by atoms with E-state index in [1.165, 1.54) is 0 Å². The van der Waals surface area contributed by atoms with Gasteiger partial charge in [0.2, 0.25) is 11.8 Å². The molecule has 6 fully saturated rings. The Hall–Kier alpha value is -1.58. The highest BCUT2D eigenvalue weighted by atomic mass is 19.3. The van der Waals surface area contributed by atoms with Gasteiger partial charge in [0.15, 0.2) is 0 Å². The van der Waals surface area contributed by atoms with Gasteiger partial charge >= 0.3 is 12.6 Å². The Labute approximate surface area is 222 Å². The van der Waals surface area contributed by atoms with Crippen molar-refractivity contribution in [1.82, 2.24) is 10.6 Å². The zero-order valence-electron chi connectivity index (χ0n) is 21.4. The van der Waals surface area contributed by atoms with Crippen molar-refractivity contribution in [3.63, 3.8) is 0 Å². The maximum Gasteiger partial charge on any atom is 0.486 e. The monoisotopic (exact) mass is 566 g/mol. The third-order valence-corrected chi connectivity index (χ3v) is 9.07. The number of hydrogen-bond donors (Lipinski definition) is 2. The Kier molecular flexibility index (Phi) is 7.11. The van der Waals surface area contributed by atoms with Gasteiger partial charge in [-0.15, -0.1) is 17.6 Å². The number of amides is 2. The molecule has 2 aliphatic heterocycles. The van der Waals surface area contributed by atoms with E-state index in [1.807, 2.05) is 0 Å². The van der Waals surface area contributed by atoms with Crippen molar-refractivity contribution in [2.75, 3.05) is 13.2 Å². The summed E-state index contributed by atoms with van der Waals surface area (Å²) in [5.41, 5.74) is -0.861. The van der Waals surface area contributed by atoms with Crippen molar-refractivity contribution in [3.8, 4) is 0 Å². The molecule has 4 aliphatic carbocycles. The number of hydrogen-bond acceptors (Lipinski definition) is 8. The number of carbonyl (C=O) groups is 2. The van der Waals surface area contributed by atoms with E-state index in [9.17, 15) is 27.2 Å². The van der Waals surface area contributed by atoms with Crippen molar-refractivity contribution >= 4 is 11.8 Å². The summed E-state index contributed by atoms with van der Waals surface area (Å²) in [6, 6.07) is 0. The number of nitrogens with one attached hydrogen (secondary N) is 2. The van der Waals surface area contributed by atoms with Gasteiger partial charge in [-0.05, 0) is 57.8 Å². The predicted octanol–water partition coefficient (Wildman–Crippen LogP) is 2.48. The average Bonchev–Trinajstić information content (AvgIpc) is 3.56. The first-order valence-electron chi connectivity index (χ1n) is 13.7. The van der Waals surface area contributed by atoms with Crippen LogP contribution in [0.4, 0.5) is 17.6 Å². The van der Waals surface area contributed by atoms with Crippen molar-refractivity contribution in [3.05, 3.63) is 0 Å². The minimum Gasteiger partial charge on any atom is -0.368 e. The SMILES string of the molecule is O=C(COC1CCC2OC(F)(F)OC2C1)NC12CCC(NC(=O)COC3CCC4OC(F)(F)OC4C3)(CC1)C2. The van der Waals surface area contributed by atoms with Crippen LogP contribution in [-0.2, 0) is 38.0 Å². The van der Waals surface area contributed by atoms with Gasteiger partial charge in [-0.1, -0.05) is 0 Å². The molecular formula is C25H34F4N2O8. The topological polar surface area (TPSA) is 114 Å². The number of fused-ring (bicyclic) bond motifs is 4. The van der Waals surface area contributed by atoms with Crippen LogP contribution in [0.15, 0.2) is 0 Å². The summed E-state index contributed by atoms with van der Waals surface area (Å²) in [4.78, 5) is 25.4. The van der Waals surface area contributed by atoms with Crippen LogP contribution in [0.5, 0.6) is 0 Å². The summed E-state index contributed by atoms with van der Waals surface area (Å²) in [5, 5.41) is 6.17. The largest absolute Gasteiger partial charge is 0.486 e. The second-order valence-electron chi connectivity index (χ2n) is 11.9. The molecule has 6 atom stereocenters. The number of carbonyl (C=O) groups excluding carboxylic acids is 2. The number of ether oxygens (including phenoxy) is 6. The van der Waals surface area contributed by atoms with E-state index in [-0.39, 0.29) is 50.1 Å². The van der Waals surface area contributed by atoms with Gasteiger partial charge in [0.1, 0.15) is 13.2 Å². The molecule has 0 aromatic carbocycles. The van der Waals surface area contributed by atoms with Crippen LogP contribution in [-0.4, -0.2) is 85.3 Å². The number of alkyl halides is 4. The van der Waals surface area contributed by atoms with E-state index >= 15 is 0 Å². The van der Waals surface area contributed by atoms with E-state index < -0.39 is 48.1 Å². The van der Waals surface area contributed by atoms with Crippen LogP contribution in [0, 0.1) is 0 Å². The lowest BCUT2D eigenvalue weighted by Crippen LogP contribution is -2.48. The minimum atomic E-state index is -3.57. The summed E-state index contributed by atoms with van der Waals surface area (Å²) in [5.74, 6) is -0.560. The molecule has 4 saturated carbocycles. The van der Waals surface area contributed by atoms with Gasteiger partial charge in [0.25, 0.3) is 0 Å². The van der Waals surface area contributed by atoms with E-state index in [0.717, 1.165) is 0 Å². The van der Waals surface area contributed by atoms with Gasteiger partial charge in [-0.3, -0.25) is 28.5 Å². The Bertz CT molecular complexity index is 888. The lowest BCUT2D eigenvalue weighted by Gasteiger charge is -2.31. The fourth-order valence-corrected chi connectivity index (χ4v) is 7.31. The van der Waals surface area contributed by atoms with Crippen LogP contribution in [0.3, 0.4) is 0 Å². The van der Waals surface area contributed by atoms with E-state index in [2.05, 4.69) is 29.6 Å². The first-order chi connectivity index (χ1) is 18.4. The fourth-order valence-electron chi connectivity index (χ4n) is 7.31. The van der Waals surface area contributed by atoms with Crippen molar-refractivity contribution in [2.24, 2.45) is 0 Å². The number of rotatable bonds is 8. The summed E-state index contributed by atoms with van der Waals surface area (Å²) in [6.45, 7) is -0.365. The highest BCUT2D eigenvalue weighted by molar-refractivity contribution is 5.79. The normalized spacial score (nSPS) is 43.6. The zero-order valence-corrected chi connectivity index (χ0v) is 21.4. The summed E-state index contributed by atoms with van der Waals surface area (Å²) < 4.78 is 83.0. The van der Waals surface area contributed by atoms with Gasteiger partial charge in [0, 0.05) is 23.9 Å². The molecule has 6 aliphatic rings. The Morgan fingerprint density at radius 1 is 0.641 bits per heavy atom. The summed E-state index contributed by atoms with van der Waals surface area (Å²) in [7, 11) is 0. The molecule has 2 bridgehead atoms. The van der Waals surface area contributed by atoms with E-state index in [1.54, 1.807) is 0 Å². The molecule has 39 heavy (non-hydrogen) atoms. The highest BCUT2D eigenvalue weighted by Gasteiger charge is 2.56. The molecule has 2 saturated heterocycles. The van der Waals surface area contributed by atoms with E-state index in [4.69, 9.17) is 9.47 Å². The summed E-state index contributed by atoms with van der Waals surface area (Å²) >= 11 is 0. The number of halogens is 4. The molecule has 2 N–H and O–H groups in total. The molecule has 0 aromatic heterocycles. The van der Waals surface area contributed by atoms with Crippen molar-refractivity contribution < 1.29 is 55.6 Å². The molecule has 6 unspecified atom stereocenters. The third-order valence-electron chi connectivity index (χ3n) is 9.07. The third kappa shape index (κ3) is 6.05. The van der Waals surface area contributed by atoms with Gasteiger partial charge in [-0.2, -0.15) is 0 Å². The molecule has 0 spiro atoms. The van der Waals surface area contributed by atoms with Crippen LogP contribution >= 0.6 is 0 Å². The maximum atomic E-state index is 13.3. The van der Waals surface area contributed by atoms with E-state index in [0.29, 0.717) is 57.8 Å². The van der Waals surface area contributed by atoms with Crippen LogP contribution in [0.25, 0.3) is 0 Å². The second kappa shape index (κ2) is 10.1. The van der Waals surface area contributed by atoms with Crippen molar-refractivity contribution in [2.45, 2.75) is 131 Å². The van der Waals surface area contributed by atoms with Crippen LogP contribution < -0.4 is 10.6 Å². The van der Waals surface area contributed by atoms with Gasteiger partial charge in [-0.25, -0.2) is 0 Å². The van der Waals surface area contributed by atoms with Crippen LogP contribution in [0.1, 0.15) is 70.6 Å². The first-order valence-corrected chi connectivity index (χ1v) is 13.7. The molecule has 10 nitrogen and oxygen atoms in total. The molecule has 14 heteroatoms. The average molecular weight is 567 g/mol. The standard InChI is InChI=1S/C25H34F4N2O8/c26-24(27)36-16-3-1-14(9-18(16)38-24)34-11-20(32)30-22-5-7-23(13-22,8-6-22)31-21(33)12-35-15-2-4-17-19(10-15)39-25(28,29)37-17/h14-19H,1-13H2,(H,30,32)(H,31,33). The molecule has 6 rings (SSSR count). The Morgan fingerprint density at radius 3 is 1.44 bits per heavy atom. The quantitative estimate of drug-likeness (QED) is 0.431. The minimum absolute atomic E-state index is 0.182. The first kappa shape index (κ1) is 27.6. The lowest BCUT2D eigenvalue weighted by molar-refractivity contribution is -0.352. The predicted molar refractivity (Wildman–Crippen MR) is 121 cm³/mol. The van der Waals surface area contributed by atoms with Crippen molar-refractivity contribution in [1.29, 1.82) is 0 Å². The highest BCUT2D eigenvalue weighted by Crippen LogP contribution is 2.50. The Morgan fingerprint density at radius 2 is 1.03 bits per heavy atom. The van der Waals surface area contributed by atoms with Gasteiger partial charge in [0.05, 0.1) is 36.6 Å². The molecule has 2 amide bonds. The lowest BCUT2D eigenvalue weighted by atomic mass is 9.91. The molecular weight excluding hydrogens is 532 g/mol. The molecule has 220 valence electrons. The zero-order chi connectivity index (χ0) is 27.5. The summed E-state index contributed by atoms with van der Waals surface area (Å²) in [6.07, 6.45) is -4.98. The maximum absolute atomic E-state index is 13.3. The second-order valence-corrected chi connectivity index (χ2v) is 11.9. The fraction of sp³-hybridized carbons (Fsp3) is 0.920. The van der Waals surface area contributed by atoms with Gasteiger partial charge < -0.3 is 20.1 Å². The molecule has 0 radical (unpaired) electrons. The Balaban J connectivity index is 0.914. The van der Waals surface area contributed by atoms with Crippen LogP contribution in [0.2, 0.25) is 0 Å². The molecule has 0 aromatic rings.